The van der Waals surface area contributed by atoms with Gasteiger partial charge in [-0.05, 0) is 36.6 Å². The molecule has 1 aromatic rings. The second-order valence-electron chi connectivity index (χ2n) is 4.24. The van der Waals surface area contributed by atoms with Gasteiger partial charge in [-0.15, -0.1) is 0 Å². The summed E-state index contributed by atoms with van der Waals surface area (Å²) >= 11 is 0. The van der Waals surface area contributed by atoms with E-state index >= 15 is 0 Å². The molecule has 1 rings (SSSR count). The van der Waals surface area contributed by atoms with Crippen molar-refractivity contribution in [2.45, 2.75) is 31.5 Å². The van der Waals surface area contributed by atoms with Gasteiger partial charge in [0.1, 0.15) is 5.82 Å². The molecule has 0 amide bonds. The molecule has 0 aromatic heterocycles. The zero-order valence-electron chi connectivity index (χ0n) is 9.88. The molecule has 1 atom stereocenters. The van der Waals surface area contributed by atoms with E-state index in [1.54, 1.807) is 0 Å². The van der Waals surface area contributed by atoms with Gasteiger partial charge in [-0.3, -0.25) is 4.79 Å². The Hall–Kier alpha value is -1.63. The molecule has 0 aliphatic heterocycles. The quantitative estimate of drug-likeness (QED) is 0.814. The van der Waals surface area contributed by atoms with Crippen LogP contribution in [0.4, 0.5) is 17.6 Å². The topological polar surface area (TPSA) is 63.3 Å². The number of nitrogens with two attached hydrogens (primary N) is 1. The van der Waals surface area contributed by atoms with Crippen LogP contribution >= 0.6 is 0 Å². The van der Waals surface area contributed by atoms with Crippen molar-refractivity contribution >= 4 is 5.97 Å². The molecule has 7 heteroatoms. The van der Waals surface area contributed by atoms with E-state index in [4.69, 9.17) is 10.8 Å². The normalized spacial score (nSPS) is 13.3. The number of aliphatic carboxylic acids is 1. The number of hydrogen-bond acceptors (Lipinski definition) is 2. The van der Waals surface area contributed by atoms with E-state index < -0.39 is 29.6 Å². The number of halogens is 4. The Balaban J connectivity index is 2.78. The molecule has 0 fully saturated rings. The van der Waals surface area contributed by atoms with E-state index in [2.05, 4.69) is 0 Å². The van der Waals surface area contributed by atoms with Crippen molar-refractivity contribution in [3.05, 3.63) is 35.1 Å². The fourth-order valence-corrected chi connectivity index (χ4v) is 1.65. The summed E-state index contributed by atoms with van der Waals surface area (Å²) in [4.78, 5) is 10.3. The van der Waals surface area contributed by atoms with Crippen LogP contribution in [-0.2, 0) is 17.4 Å². The summed E-state index contributed by atoms with van der Waals surface area (Å²) in [6.07, 6.45) is -4.69. The van der Waals surface area contributed by atoms with Gasteiger partial charge in [0.15, 0.2) is 0 Å². The minimum atomic E-state index is -4.62. The zero-order valence-corrected chi connectivity index (χ0v) is 9.88. The predicted octanol–water partition coefficient (Wildman–Crippen LogP) is 2.58. The highest BCUT2D eigenvalue weighted by Gasteiger charge is 2.31. The molecule has 1 aromatic carbocycles. The lowest BCUT2D eigenvalue weighted by Crippen LogP contribution is -2.24. The first-order chi connectivity index (χ1) is 8.68. The Morgan fingerprint density at radius 2 is 1.95 bits per heavy atom. The van der Waals surface area contributed by atoms with Gasteiger partial charge in [0.05, 0.1) is 5.56 Å². The molecule has 3 nitrogen and oxygen atoms in total. The highest BCUT2D eigenvalue weighted by molar-refractivity contribution is 5.66. The van der Waals surface area contributed by atoms with Gasteiger partial charge in [0.25, 0.3) is 0 Å². The monoisotopic (exact) mass is 279 g/mol. The molecule has 0 saturated carbocycles. The van der Waals surface area contributed by atoms with E-state index in [9.17, 15) is 22.4 Å². The van der Waals surface area contributed by atoms with Gasteiger partial charge in [0, 0.05) is 12.5 Å². The van der Waals surface area contributed by atoms with Gasteiger partial charge in [0.2, 0.25) is 0 Å². The first kappa shape index (κ1) is 15.4. The van der Waals surface area contributed by atoms with Crippen LogP contribution in [0.5, 0.6) is 0 Å². The Labute approximate surface area is 107 Å². The maximum absolute atomic E-state index is 13.1. The van der Waals surface area contributed by atoms with Gasteiger partial charge in [-0.25, -0.2) is 4.39 Å². The Morgan fingerprint density at radius 1 is 1.32 bits per heavy atom. The minimum absolute atomic E-state index is 0.00583. The van der Waals surface area contributed by atoms with Crippen LogP contribution in [0.3, 0.4) is 0 Å². The van der Waals surface area contributed by atoms with E-state index in [1.165, 1.54) is 0 Å². The summed E-state index contributed by atoms with van der Waals surface area (Å²) in [6, 6.07) is 1.57. The Kier molecular flexibility index (Phi) is 4.88. The zero-order chi connectivity index (χ0) is 14.6. The van der Waals surface area contributed by atoms with Crippen molar-refractivity contribution in [3.8, 4) is 0 Å². The molecule has 1 unspecified atom stereocenters. The van der Waals surface area contributed by atoms with Crippen LogP contribution in [0.2, 0.25) is 0 Å². The molecule has 0 saturated heterocycles. The van der Waals surface area contributed by atoms with Crippen molar-refractivity contribution < 1.29 is 27.5 Å². The number of carboxylic acids is 1. The van der Waals surface area contributed by atoms with Crippen LogP contribution < -0.4 is 5.73 Å². The van der Waals surface area contributed by atoms with Gasteiger partial charge >= 0.3 is 12.1 Å². The van der Waals surface area contributed by atoms with Crippen LogP contribution in [0.1, 0.15) is 24.0 Å². The van der Waals surface area contributed by atoms with Gasteiger partial charge in [-0.2, -0.15) is 13.2 Å². The highest BCUT2D eigenvalue weighted by atomic mass is 19.4. The smallest absolute Gasteiger partial charge is 0.416 e. The second kappa shape index (κ2) is 6.01. The van der Waals surface area contributed by atoms with Crippen molar-refractivity contribution in [1.29, 1.82) is 0 Å². The third-order valence-corrected chi connectivity index (χ3v) is 2.51. The van der Waals surface area contributed by atoms with E-state index in [1.807, 2.05) is 0 Å². The number of carbonyl (C=O) groups is 1. The molecular formula is C12H13F4NO2. The molecule has 106 valence electrons. The molecule has 0 spiro atoms. The molecule has 0 aliphatic carbocycles. The Bertz CT molecular complexity index is 460. The van der Waals surface area contributed by atoms with Gasteiger partial charge < -0.3 is 10.8 Å². The molecule has 0 radical (unpaired) electrons. The SMILES string of the molecule is NC(CCC(=O)O)Cc1cc(F)cc(C(F)(F)F)c1. The van der Waals surface area contributed by atoms with E-state index in [-0.39, 0.29) is 24.8 Å². The minimum Gasteiger partial charge on any atom is -0.481 e. The fourth-order valence-electron chi connectivity index (χ4n) is 1.65. The van der Waals surface area contributed by atoms with Crippen molar-refractivity contribution in [2.75, 3.05) is 0 Å². The highest BCUT2D eigenvalue weighted by Crippen LogP contribution is 2.30. The largest absolute Gasteiger partial charge is 0.481 e. The van der Waals surface area contributed by atoms with Crippen LogP contribution in [0.25, 0.3) is 0 Å². The lowest BCUT2D eigenvalue weighted by atomic mass is 10.0. The summed E-state index contributed by atoms with van der Waals surface area (Å²) < 4.78 is 50.5. The Morgan fingerprint density at radius 3 is 2.47 bits per heavy atom. The maximum atomic E-state index is 13.1. The number of hydrogen-bond donors (Lipinski definition) is 2. The van der Waals surface area contributed by atoms with Crippen LogP contribution in [-0.4, -0.2) is 17.1 Å². The lowest BCUT2D eigenvalue weighted by Gasteiger charge is -2.13. The average Bonchev–Trinajstić information content (AvgIpc) is 2.24. The van der Waals surface area contributed by atoms with Crippen LogP contribution in [0, 0.1) is 5.82 Å². The number of alkyl halides is 3. The van der Waals surface area contributed by atoms with Gasteiger partial charge in [-0.1, -0.05) is 0 Å². The first-order valence-corrected chi connectivity index (χ1v) is 5.52. The molecule has 0 bridgehead atoms. The van der Waals surface area contributed by atoms with Crippen LogP contribution in [0.15, 0.2) is 18.2 Å². The summed E-state index contributed by atoms with van der Waals surface area (Å²) in [7, 11) is 0. The summed E-state index contributed by atoms with van der Waals surface area (Å²) in [6.45, 7) is 0. The molecular weight excluding hydrogens is 266 g/mol. The first-order valence-electron chi connectivity index (χ1n) is 5.52. The summed E-state index contributed by atoms with van der Waals surface area (Å²) in [5.74, 6) is -2.03. The second-order valence-corrected chi connectivity index (χ2v) is 4.24. The third-order valence-electron chi connectivity index (χ3n) is 2.51. The van der Waals surface area contributed by atoms with E-state index in [0.29, 0.717) is 6.07 Å². The number of carboxylic acid groups (broad SMARTS) is 1. The van der Waals surface area contributed by atoms with Crippen molar-refractivity contribution in [2.24, 2.45) is 5.73 Å². The van der Waals surface area contributed by atoms with Crippen molar-refractivity contribution in [3.63, 3.8) is 0 Å². The summed E-state index contributed by atoms with van der Waals surface area (Å²) in [5, 5.41) is 8.46. The average molecular weight is 279 g/mol. The standard InChI is InChI=1S/C12H13F4NO2/c13-9-4-7(3-8(6-9)12(14,15)16)5-10(17)1-2-11(18)19/h3-4,6,10H,1-2,5,17H2,(H,18,19). The van der Waals surface area contributed by atoms with Crippen molar-refractivity contribution in [1.82, 2.24) is 0 Å². The third kappa shape index (κ3) is 5.25. The summed E-state index contributed by atoms with van der Waals surface area (Å²) in [5.41, 5.74) is 4.62. The van der Waals surface area contributed by atoms with E-state index in [0.717, 1.165) is 12.1 Å². The molecule has 19 heavy (non-hydrogen) atoms. The fraction of sp³-hybridized carbons (Fsp3) is 0.417. The molecule has 3 N–H and O–H groups in total. The lowest BCUT2D eigenvalue weighted by molar-refractivity contribution is -0.138. The number of benzene rings is 1. The molecule has 0 aliphatic rings. The maximum Gasteiger partial charge on any atom is 0.416 e. The predicted molar refractivity (Wildman–Crippen MR) is 60.0 cm³/mol. The molecule has 0 heterocycles. The number of rotatable bonds is 5.